The molecule has 0 aliphatic carbocycles. The molecule has 0 saturated carbocycles. The van der Waals surface area contributed by atoms with Crippen molar-refractivity contribution in [2.45, 2.75) is 25.8 Å². The predicted molar refractivity (Wildman–Crippen MR) is 105 cm³/mol. The molecule has 0 bridgehead atoms. The number of rotatable bonds is 7. The number of amides is 1. The highest BCUT2D eigenvalue weighted by molar-refractivity contribution is 7.12. The SMILES string of the molecule is COCCN1C(=O)C(O)=C(C(=O)c2cccs2)C1c1ccc(C(C)C)cc1. The third kappa shape index (κ3) is 3.68. The smallest absolute Gasteiger partial charge is 0.290 e. The van der Waals surface area contributed by atoms with Crippen LogP contribution in [0, 0.1) is 0 Å². The lowest BCUT2D eigenvalue weighted by Crippen LogP contribution is -2.34. The van der Waals surface area contributed by atoms with Gasteiger partial charge in [-0.2, -0.15) is 0 Å². The Morgan fingerprint density at radius 1 is 1.26 bits per heavy atom. The van der Waals surface area contributed by atoms with Crippen molar-refractivity contribution < 1.29 is 19.4 Å². The number of hydrogen-bond acceptors (Lipinski definition) is 5. The molecule has 5 nitrogen and oxygen atoms in total. The van der Waals surface area contributed by atoms with Crippen LogP contribution >= 0.6 is 11.3 Å². The summed E-state index contributed by atoms with van der Waals surface area (Å²) in [5, 5.41) is 12.3. The summed E-state index contributed by atoms with van der Waals surface area (Å²) in [7, 11) is 1.55. The molecule has 3 rings (SSSR count). The molecule has 27 heavy (non-hydrogen) atoms. The van der Waals surface area contributed by atoms with Crippen molar-refractivity contribution in [1.82, 2.24) is 4.90 Å². The van der Waals surface area contributed by atoms with Crippen molar-refractivity contribution in [1.29, 1.82) is 0 Å². The number of hydrogen-bond donors (Lipinski definition) is 1. The fraction of sp³-hybridized carbons (Fsp3) is 0.333. The third-order valence-corrected chi connectivity index (χ3v) is 5.62. The molecular weight excluding hydrogens is 362 g/mol. The summed E-state index contributed by atoms with van der Waals surface area (Å²) in [6.45, 7) is 4.82. The molecule has 0 radical (unpaired) electrons. The minimum Gasteiger partial charge on any atom is -0.503 e. The Morgan fingerprint density at radius 3 is 2.52 bits per heavy atom. The van der Waals surface area contributed by atoms with E-state index in [0.717, 1.165) is 5.56 Å². The molecule has 1 aromatic heterocycles. The van der Waals surface area contributed by atoms with Gasteiger partial charge >= 0.3 is 0 Å². The van der Waals surface area contributed by atoms with Crippen LogP contribution in [0.15, 0.2) is 53.1 Å². The number of aliphatic hydroxyl groups is 1. The van der Waals surface area contributed by atoms with Gasteiger partial charge in [-0.3, -0.25) is 9.59 Å². The molecule has 6 heteroatoms. The Kier molecular flexibility index (Phi) is 5.77. The lowest BCUT2D eigenvalue weighted by atomic mass is 9.93. The molecule has 0 spiro atoms. The number of carbonyl (C=O) groups excluding carboxylic acids is 2. The van der Waals surface area contributed by atoms with Crippen LogP contribution in [-0.4, -0.2) is 42.0 Å². The molecule has 1 unspecified atom stereocenters. The summed E-state index contributed by atoms with van der Waals surface area (Å²) in [5.41, 5.74) is 2.11. The largest absolute Gasteiger partial charge is 0.503 e. The maximum atomic E-state index is 13.0. The Labute approximate surface area is 162 Å². The van der Waals surface area contributed by atoms with E-state index in [0.29, 0.717) is 17.4 Å². The summed E-state index contributed by atoms with van der Waals surface area (Å²) >= 11 is 1.29. The van der Waals surface area contributed by atoms with Crippen molar-refractivity contribution in [3.8, 4) is 0 Å². The Morgan fingerprint density at radius 2 is 1.96 bits per heavy atom. The van der Waals surface area contributed by atoms with Gasteiger partial charge in [0.25, 0.3) is 5.91 Å². The van der Waals surface area contributed by atoms with Gasteiger partial charge in [-0.25, -0.2) is 0 Å². The summed E-state index contributed by atoms with van der Waals surface area (Å²) in [5.74, 6) is -0.939. The molecule has 1 N–H and O–H groups in total. The van der Waals surface area contributed by atoms with Crippen molar-refractivity contribution in [3.05, 3.63) is 69.1 Å². The number of methoxy groups -OCH3 is 1. The van der Waals surface area contributed by atoms with Gasteiger partial charge in [-0.1, -0.05) is 44.2 Å². The number of Topliss-reactive ketones (excluding diaryl/α,β-unsaturated/α-hetero) is 1. The Bertz CT molecular complexity index is 853. The maximum Gasteiger partial charge on any atom is 0.290 e. The minimum atomic E-state index is -0.622. The first-order chi connectivity index (χ1) is 13.0. The molecule has 2 heterocycles. The van der Waals surface area contributed by atoms with E-state index < -0.39 is 17.7 Å². The average molecular weight is 385 g/mol. The summed E-state index contributed by atoms with van der Waals surface area (Å²) in [6, 6.07) is 10.7. The Balaban J connectivity index is 2.05. The fourth-order valence-electron chi connectivity index (χ4n) is 3.26. The van der Waals surface area contributed by atoms with Gasteiger partial charge in [0.05, 0.1) is 23.1 Å². The van der Waals surface area contributed by atoms with Crippen LogP contribution in [0.2, 0.25) is 0 Å². The van der Waals surface area contributed by atoms with E-state index >= 15 is 0 Å². The number of aliphatic hydroxyl groups excluding tert-OH is 1. The summed E-state index contributed by atoms with van der Waals surface area (Å²) in [6.07, 6.45) is 0. The van der Waals surface area contributed by atoms with Crippen LogP contribution < -0.4 is 0 Å². The molecule has 1 amide bonds. The van der Waals surface area contributed by atoms with Crippen LogP contribution in [0.1, 0.15) is 46.6 Å². The second-order valence-electron chi connectivity index (χ2n) is 6.78. The normalized spacial score (nSPS) is 17.3. The number of carbonyl (C=O) groups is 2. The number of ketones is 1. The highest BCUT2D eigenvalue weighted by atomic mass is 32.1. The van der Waals surface area contributed by atoms with Crippen LogP contribution in [0.5, 0.6) is 0 Å². The van der Waals surface area contributed by atoms with Crippen molar-refractivity contribution in [2.24, 2.45) is 0 Å². The molecule has 142 valence electrons. The van der Waals surface area contributed by atoms with Gasteiger partial charge in [0.1, 0.15) is 0 Å². The Hall–Kier alpha value is -2.44. The van der Waals surface area contributed by atoms with E-state index in [2.05, 4.69) is 13.8 Å². The summed E-state index contributed by atoms with van der Waals surface area (Å²) < 4.78 is 5.11. The van der Waals surface area contributed by atoms with E-state index in [1.807, 2.05) is 24.3 Å². The zero-order chi connectivity index (χ0) is 19.6. The molecule has 1 atom stereocenters. The molecule has 1 aliphatic rings. The highest BCUT2D eigenvalue weighted by Gasteiger charge is 2.43. The highest BCUT2D eigenvalue weighted by Crippen LogP contribution is 2.39. The number of ether oxygens (including phenoxy) is 1. The summed E-state index contributed by atoms with van der Waals surface area (Å²) in [4.78, 5) is 27.7. The molecule has 0 saturated heterocycles. The van der Waals surface area contributed by atoms with Crippen molar-refractivity contribution >= 4 is 23.0 Å². The topological polar surface area (TPSA) is 66.8 Å². The molecule has 1 aromatic carbocycles. The van der Waals surface area contributed by atoms with Crippen LogP contribution in [-0.2, 0) is 9.53 Å². The molecule has 0 fully saturated rings. The zero-order valence-corrected chi connectivity index (χ0v) is 16.5. The van der Waals surface area contributed by atoms with Crippen molar-refractivity contribution in [2.75, 3.05) is 20.3 Å². The second kappa shape index (κ2) is 8.06. The molecular formula is C21H23NO4S. The standard InChI is InChI=1S/C21H23NO4S/c1-13(2)14-6-8-15(9-7-14)18-17(19(23)16-5-4-12-27-16)20(24)21(25)22(18)10-11-26-3/h4-9,12-13,18,24H,10-11H2,1-3H3. The monoisotopic (exact) mass is 385 g/mol. The van der Waals surface area contributed by atoms with Crippen LogP contribution in [0.4, 0.5) is 0 Å². The van der Waals surface area contributed by atoms with Gasteiger partial charge in [0.15, 0.2) is 5.76 Å². The minimum absolute atomic E-state index is 0.135. The van der Waals surface area contributed by atoms with Crippen LogP contribution in [0.25, 0.3) is 0 Å². The lowest BCUT2D eigenvalue weighted by Gasteiger charge is -2.26. The fourth-order valence-corrected chi connectivity index (χ4v) is 3.93. The first kappa shape index (κ1) is 19.3. The molecule has 1 aliphatic heterocycles. The predicted octanol–water partition coefficient (Wildman–Crippen LogP) is 4.10. The van der Waals surface area contributed by atoms with Gasteiger partial charge < -0.3 is 14.7 Å². The first-order valence-electron chi connectivity index (χ1n) is 8.86. The van der Waals surface area contributed by atoms with E-state index in [4.69, 9.17) is 4.74 Å². The number of thiophene rings is 1. The number of benzene rings is 1. The van der Waals surface area contributed by atoms with Gasteiger partial charge in [0.2, 0.25) is 5.78 Å². The maximum absolute atomic E-state index is 13.0. The van der Waals surface area contributed by atoms with E-state index in [-0.39, 0.29) is 17.9 Å². The molecule has 2 aromatic rings. The second-order valence-corrected chi connectivity index (χ2v) is 7.73. The zero-order valence-electron chi connectivity index (χ0n) is 15.6. The van der Waals surface area contributed by atoms with Gasteiger partial charge in [-0.05, 0) is 28.5 Å². The quantitative estimate of drug-likeness (QED) is 0.729. The van der Waals surface area contributed by atoms with Gasteiger partial charge in [0, 0.05) is 13.7 Å². The lowest BCUT2D eigenvalue weighted by molar-refractivity contribution is -0.130. The van der Waals surface area contributed by atoms with E-state index in [9.17, 15) is 14.7 Å². The first-order valence-corrected chi connectivity index (χ1v) is 9.74. The average Bonchev–Trinajstić information content (AvgIpc) is 3.28. The third-order valence-electron chi connectivity index (χ3n) is 4.75. The van der Waals surface area contributed by atoms with Crippen molar-refractivity contribution in [3.63, 3.8) is 0 Å². The van der Waals surface area contributed by atoms with E-state index in [1.165, 1.54) is 21.8 Å². The van der Waals surface area contributed by atoms with E-state index in [1.54, 1.807) is 24.6 Å². The van der Waals surface area contributed by atoms with Gasteiger partial charge in [-0.15, -0.1) is 11.3 Å². The number of nitrogens with zero attached hydrogens (tertiary/aromatic N) is 1. The van der Waals surface area contributed by atoms with Crippen LogP contribution in [0.3, 0.4) is 0 Å².